The van der Waals surface area contributed by atoms with Crippen LogP contribution in [0.4, 0.5) is 5.69 Å². The molecule has 22 heavy (non-hydrogen) atoms. The van der Waals surface area contributed by atoms with E-state index in [-0.39, 0.29) is 12.5 Å². The Labute approximate surface area is 129 Å². The average Bonchev–Trinajstić information content (AvgIpc) is 3.01. The minimum absolute atomic E-state index is 0.130. The minimum Gasteiger partial charge on any atom is -0.364 e. The van der Waals surface area contributed by atoms with E-state index in [0.29, 0.717) is 12.5 Å². The van der Waals surface area contributed by atoms with Crippen LogP contribution in [0.5, 0.6) is 0 Å². The smallest absolute Gasteiger partial charge is 0.243 e. The van der Waals surface area contributed by atoms with E-state index in [4.69, 9.17) is 4.52 Å². The Bertz CT molecular complexity index is 610. The number of carbonyl (C=O) groups is 1. The predicted molar refractivity (Wildman–Crippen MR) is 84.4 cm³/mol. The number of hydrogen-bond acceptors (Lipinski definition) is 4. The zero-order chi connectivity index (χ0) is 15.8. The van der Waals surface area contributed by atoms with Crippen LogP contribution in [0.1, 0.15) is 5.69 Å². The fraction of sp³-hybridized carbons (Fsp3) is 0.267. The van der Waals surface area contributed by atoms with Gasteiger partial charge in [0.1, 0.15) is 12.0 Å². The SMILES string of the molecule is CN=C(NCC(=O)Nc1ccccc1)N(C)Cc1ccon1. The quantitative estimate of drug-likeness (QED) is 0.643. The number of guanidine groups is 1. The molecule has 1 amide bonds. The fourth-order valence-corrected chi connectivity index (χ4v) is 1.91. The van der Waals surface area contributed by atoms with Gasteiger partial charge in [0, 0.05) is 25.8 Å². The van der Waals surface area contributed by atoms with Crippen molar-refractivity contribution in [3.8, 4) is 0 Å². The normalized spacial score (nSPS) is 11.1. The Kier molecular flexibility index (Phi) is 5.53. The molecule has 2 rings (SSSR count). The van der Waals surface area contributed by atoms with Crippen LogP contribution >= 0.6 is 0 Å². The third-order valence-corrected chi connectivity index (χ3v) is 2.93. The lowest BCUT2D eigenvalue weighted by atomic mass is 10.3. The number of nitrogens with zero attached hydrogens (tertiary/aromatic N) is 3. The highest BCUT2D eigenvalue weighted by atomic mass is 16.5. The summed E-state index contributed by atoms with van der Waals surface area (Å²) in [6, 6.07) is 11.1. The van der Waals surface area contributed by atoms with Crippen molar-refractivity contribution in [1.82, 2.24) is 15.4 Å². The maximum Gasteiger partial charge on any atom is 0.243 e. The number of anilines is 1. The number of carbonyl (C=O) groups excluding carboxylic acids is 1. The number of nitrogens with one attached hydrogen (secondary N) is 2. The van der Waals surface area contributed by atoms with Gasteiger partial charge in [-0.3, -0.25) is 9.79 Å². The van der Waals surface area contributed by atoms with Gasteiger partial charge in [-0.15, -0.1) is 0 Å². The summed E-state index contributed by atoms with van der Waals surface area (Å²) in [7, 11) is 3.52. The molecular weight excluding hydrogens is 282 g/mol. The Morgan fingerprint density at radius 2 is 2.09 bits per heavy atom. The van der Waals surface area contributed by atoms with Crippen LogP contribution in [0.15, 0.2) is 52.2 Å². The molecule has 0 bridgehead atoms. The first-order valence-electron chi connectivity index (χ1n) is 6.85. The summed E-state index contributed by atoms with van der Waals surface area (Å²) in [6.07, 6.45) is 1.52. The highest BCUT2D eigenvalue weighted by molar-refractivity contribution is 5.94. The standard InChI is InChI=1S/C15H19N5O2/c1-16-15(20(2)11-13-8-9-22-19-13)17-10-14(21)18-12-6-4-3-5-7-12/h3-9H,10-11H2,1-2H3,(H,16,17)(H,18,21). The van der Waals surface area contributed by atoms with Gasteiger partial charge < -0.3 is 20.1 Å². The molecule has 7 nitrogen and oxygen atoms in total. The second-order valence-corrected chi connectivity index (χ2v) is 4.66. The summed E-state index contributed by atoms with van der Waals surface area (Å²) in [5, 5.41) is 9.66. The molecule has 2 aromatic rings. The zero-order valence-electron chi connectivity index (χ0n) is 12.6. The Morgan fingerprint density at radius 3 is 2.73 bits per heavy atom. The molecule has 2 N–H and O–H groups in total. The number of aliphatic imine (C=N–C) groups is 1. The molecular formula is C15H19N5O2. The van der Waals surface area contributed by atoms with Gasteiger partial charge in [-0.05, 0) is 12.1 Å². The molecule has 0 saturated carbocycles. The molecule has 0 saturated heterocycles. The van der Waals surface area contributed by atoms with Gasteiger partial charge in [-0.1, -0.05) is 23.4 Å². The molecule has 1 aromatic heterocycles. The molecule has 0 atom stereocenters. The van der Waals surface area contributed by atoms with E-state index in [1.807, 2.05) is 42.3 Å². The number of rotatable bonds is 5. The highest BCUT2D eigenvalue weighted by Gasteiger charge is 2.10. The van der Waals surface area contributed by atoms with Crippen LogP contribution in [0.2, 0.25) is 0 Å². The Balaban J connectivity index is 1.81. The van der Waals surface area contributed by atoms with E-state index in [9.17, 15) is 4.79 Å². The van der Waals surface area contributed by atoms with Crippen molar-refractivity contribution in [3.05, 3.63) is 48.4 Å². The van der Waals surface area contributed by atoms with E-state index >= 15 is 0 Å². The van der Waals surface area contributed by atoms with Gasteiger partial charge >= 0.3 is 0 Å². The van der Waals surface area contributed by atoms with Gasteiger partial charge in [0.15, 0.2) is 5.96 Å². The lowest BCUT2D eigenvalue weighted by Gasteiger charge is -2.20. The lowest BCUT2D eigenvalue weighted by molar-refractivity contribution is -0.115. The van der Waals surface area contributed by atoms with E-state index < -0.39 is 0 Å². The number of benzene rings is 1. The van der Waals surface area contributed by atoms with Gasteiger partial charge in [0.2, 0.25) is 5.91 Å². The van der Waals surface area contributed by atoms with Crippen molar-refractivity contribution in [2.45, 2.75) is 6.54 Å². The van der Waals surface area contributed by atoms with Crippen LogP contribution < -0.4 is 10.6 Å². The molecule has 0 spiro atoms. The first-order chi connectivity index (χ1) is 10.7. The molecule has 0 fully saturated rings. The topological polar surface area (TPSA) is 82.8 Å². The predicted octanol–water partition coefficient (Wildman–Crippen LogP) is 1.32. The molecule has 1 heterocycles. The van der Waals surface area contributed by atoms with Crippen molar-refractivity contribution >= 4 is 17.6 Å². The molecule has 0 aliphatic carbocycles. The Morgan fingerprint density at radius 1 is 1.32 bits per heavy atom. The maximum absolute atomic E-state index is 11.9. The molecule has 0 unspecified atom stereocenters. The van der Waals surface area contributed by atoms with Crippen LogP contribution in [0, 0.1) is 0 Å². The summed E-state index contributed by atoms with van der Waals surface area (Å²) >= 11 is 0. The number of amides is 1. The summed E-state index contributed by atoms with van der Waals surface area (Å²) in [4.78, 5) is 17.9. The molecule has 1 aromatic carbocycles. The van der Waals surface area contributed by atoms with Crippen molar-refractivity contribution in [2.75, 3.05) is 26.0 Å². The first-order valence-corrected chi connectivity index (χ1v) is 6.85. The van der Waals surface area contributed by atoms with E-state index in [1.54, 1.807) is 13.1 Å². The maximum atomic E-state index is 11.9. The molecule has 0 aliphatic heterocycles. The van der Waals surface area contributed by atoms with E-state index in [1.165, 1.54) is 6.26 Å². The monoisotopic (exact) mass is 301 g/mol. The lowest BCUT2D eigenvalue weighted by Crippen LogP contribution is -2.42. The molecule has 0 aliphatic rings. The summed E-state index contributed by atoms with van der Waals surface area (Å²) in [5.74, 6) is 0.466. The van der Waals surface area contributed by atoms with Gasteiger partial charge in [-0.25, -0.2) is 0 Å². The average molecular weight is 301 g/mol. The second kappa shape index (κ2) is 7.82. The molecule has 7 heteroatoms. The first kappa shape index (κ1) is 15.6. The van der Waals surface area contributed by atoms with Crippen LogP contribution in [0.25, 0.3) is 0 Å². The zero-order valence-corrected chi connectivity index (χ0v) is 12.6. The van der Waals surface area contributed by atoms with E-state index in [2.05, 4.69) is 20.8 Å². The van der Waals surface area contributed by atoms with Gasteiger partial charge in [-0.2, -0.15) is 0 Å². The van der Waals surface area contributed by atoms with Gasteiger partial charge in [0.25, 0.3) is 0 Å². The minimum atomic E-state index is -0.137. The van der Waals surface area contributed by atoms with Crippen molar-refractivity contribution in [3.63, 3.8) is 0 Å². The van der Waals surface area contributed by atoms with Crippen molar-refractivity contribution in [1.29, 1.82) is 0 Å². The fourth-order valence-electron chi connectivity index (χ4n) is 1.91. The van der Waals surface area contributed by atoms with Crippen LogP contribution in [-0.2, 0) is 11.3 Å². The summed E-state index contributed by atoms with van der Waals surface area (Å²) in [6.45, 7) is 0.668. The Hall–Kier alpha value is -2.83. The number of aromatic nitrogens is 1. The van der Waals surface area contributed by atoms with Crippen LogP contribution in [0.3, 0.4) is 0 Å². The van der Waals surface area contributed by atoms with E-state index in [0.717, 1.165) is 11.4 Å². The van der Waals surface area contributed by atoms with Crippen LogP contribution in [-0.4, -0.2) is 42.6 Å². The second-order valence-electron chi connectivity index (χ2n) is 4.66. The highest BCUT2D eigenvalue weighted by Crippen LogP contribution is 2.04. The van der Waals surface area contributed by atoms with Gasteiger partial charge in [0.05, 0.1) is 13.1 Å². The largest absolute Gasteiger partial charge is 0.364 e. The third kappa shape index (κ3) is 4.62. The summed E-state index contributed by atoms with van der Waals surface area (Å²) in [5.41, 5.74) is 1.56. The molecule has 116 valence electrons. The summed E-state index contributed by atoms with van der Waals surface area (Å²) < 4.78 is 4.79. The number of para-hydroxylation sites is 1. The van der Waals surface area contributed by atoms with Crippen molar-refractivity contribution in [2.24, 2.45) is 4.99 Å². The third-order valence-electron chi connectivity index (χ3n) is 2.93. The molecule has 0 radical (unpaired) electrons. The van der Waals surface area contributed by atoms with Crippen molar-refractivity contribution < 1.29 is 9.32 Å². The number of hydrogen-bond donors (Lipinski definition) is 2.